The van der Waals surface area contributed by atoms with E-state index in [1.54, 1.807) is 0 Å². The van der Waals surface area contributed by atoms with Crippen LogP contribution in [0.3, 0.4) is 0 Å². The Kier molecular flexibility index (Phi) is 7.76. The van der Waals surface area contributed by atoms with Gasteiger partial charge in [-0.3, -0.25) is 0 Å². The smallest absolute Gasteiger partial charge is 0.120 e. The first-order valence-corrected chi connectivity index (χ1v) is 8.16. The summed E-state index contributed by atoms with van der Waals surface area (Å²) in [6, 6.07) is 3.83. The molecule has 1 aromatic carbocycles. The molecule has 0 amide bonds. The van der Waals surface area contributed by atoms with Crippen LogP contribution in [0.4, 0.5) is 11.7 Å². The molecule has 0 aliphatic rings. The fourth-order valence-electron chi connectivity index (χ4n) is 1.64. The van der Waals surface area contributed by atoms with Gasteiger partial charge in [0.2, 0.25) is 11.2 Å². The number of hydrogen-bond acceptors (Lipinski definition) is 0. The van der Waals surface area contributed by atoms with Crippen LogP contribution in [0.2, 0.25) is 0 Å². The van der Waals surface area contributed by atoms with Crippen molar-refractivity contribution in [3.63, 3.8) is 0 Å². The molecule has 1 aromatic rings. The van der Waals surface area contributed by atoms with Gasteiger partial charge in [0.05, 0.1) is 4.91 Å². The summed E-state index contributed by atoms with van der Waals surface area (Å²) in [4.78, 5) is -0.486. The van der Waals surface area contributed by atoms with Gasteiger partial charge in [0, 0.05) is 0 Å². The molecule has 110 valence electrons. The molecule has 1 atom stereocenters. The zero-order valence-corrected chi connectivity index (χ0v) is 14.0. The highest BCUT2D eigenvalue weighted by Crippen LogP contribution is 2.60. The Labute approximate surface area is 118 Å². The number of hydrogen-bond donors (Lipinski definition) is 0. The molecule has 1 unspecified atom stereocenters. The van der Waals surface area contributed by atoms with Crippen molar-refractivity contribution >= 4 is 31.8 Å². The number of halogens is 3. The van der Waals surface area contributed by atoms with Gasteiger partial charge in [-0.1, -0.05) is 38.5 Å². The van der Waals surface area contributed by atoms with E-state index in [4.69, 9.17) is 0 Å². The van der Waals surface area contributed by atoms with Crippen molar-refractivity contribution in [1.29, 1.82) is 0 Å². The number of rotatable bonds is 3. The molecule has 0 spiro atoms. The van der Waals surface area contributed by atoms with Gasteiger partial charge in [-0.25, -0.2) is 0 Å². The predicted molar refractivity (Wildman–Crippen MR) is 85.8 cm³/mol. The average molecular weight is 310 g/mol. The third kappa shape index (κ3) is 5.58. The zero-order valence-electron chi connectivity index (χ0n) is 12.1. The first-order valence-electron chi connectivity index (χ1n) is 6.25. The van der Waals surface area contributed by atoms with E-state index in [1.807, 2.05) is 39.8 Å². The van der Waals surface area contributed by atoms with Gasteiger partial charge in [-0.2, -0.15) is 0 Å². The summed E-state index contributed by atoms with van der Waals surface area (Å²) in [6.07, 6.45) is 1.99. The second kappa shape index (κ2) is 7.96. The minimum Gasteiger partial charge on any atom is -0.120 e. The lowest BCUT2D eigenvalue weighted by Crippen LogP contribution is -2.03. The van der Waals surface area contributed by atoms with Gasteiger partial charge in [0.15, 0.2) is 0 Å². The molecule has 0 aromatic heterocycles. The molecule has 5 heteroatoms. The number of aryl methyl sites for hydroxylation is 2. The van der Waals surface area contributed by atoms with Crippen LogP contribution in [0.1, 0.15) is 44.4 Å². The molecule has 0 aliphatic heterocycles. The summed E-state index contributed by atoms with van der Waals surface area (Å²) in [5, 5.41) is 0.824. The van der Waals surface area contributed by atoms with Crippen molar-refractivity contribution in [3.05, 3.63) is 33.7 Å². The van der Waals surface area contributed by atoms with E-state index < -0.39 is 16.1 Å². The van der Waals surface area contributed by atoms with E-state index in [-0.39, 0.29) is 0 Å². The summed E-state index contributed by atoms with van der Waals surface area (Å²) >= 11 is -5.10. The number of allylic oxidation sites excluding steroid dienone is 1. The maximum atomic E-state index is 12.6. The Morgan fingerprint density at radius 2 is 1.79 bits per heavy atom. The summed E-state index contributed by atoms with van der Waals surface area (Å²) in [7, 11) is 2.51. The van der Waals surface area contributed by atoms with Crippen molar-refractivity contribution in [2.45, 2.75) is 41.0 Å². The third-order valence-corrected chi connectivity index (χ3v) is 3.86. The normalized spacial score (nSPS) is 12.8. The van der Waals surface area contributed by atoms with Crippen LogP contribution in [0.5, 0.6) is 0 Å². The molecular formula is C14H22F3PS. The van der Waals surface area contributed by atoms with Crippen LogP contribution >= 0.6 is 20.4 Å². The molecule has 0 saturated carbocycles. The Hall–Kier alpha value is -0.470. The van der Waals surface area contributed by atoms with E-state index in [0.717, 1.165) is 29.8 Å². The molecule has 19 heavy (non-hydrogen) atoms. The quantitative estimate of drug-likeness (QED) is 0.609. The second-order valence-electron chi connectivity index (χ2n) is 3.94. The van der Waals surface area contributed by atoms with Crippen molar-refractivity contribution in [2.75, 3.05) is 0 Å². The Morgan fingerprint density at radius 3 is 2.21 bits per heavy atom. The maximum Gasteiger partial charge on any atom is 0.233 e. The maximum absolute atomic E-state index is 12.6. The Morgan fingerprint density at radius 1 is 1.26 bits per heavy atom. The van der Waals surface area contributed by atoms with Crippen molar-refractivity contribution in [2.24, 2.45) is 0 Å². The van der Waals surface area contributed by atoms with Gasteiger partial charge >= 0.3 is 0 Å². The molecule has 0 nitrogen and oxygen atoms in total. The van der Waals surface area contributed by atoms with E-state index in [2.05, 4.69) is 9.24 Å². The van der Waals surface area contributed by atoms with Crippen molar-refractivity contribution < 1.29 is 11.7 Å². The minimum absolute atomic E-state index is 0.486. The lowest BCUT2D eigenvalue weighted by molar-refractivity contribution is 0.647. The lowest BCUT2D eigenvalue weighted by Gasteiger charge is -2.13. The predicted octanol–water partition coefficient (Wildman–Crippen LogP) is 5.90. The third-order valence-electron chi connectivity index (χ3n) is 2.54. The second-order valence-corrected chi connectivity index (χ2v) is 6.02. The van der Waals surface area contributed by atoms with Gasteiger partial charge in [-0.05, 0) is 42.8 Å². The van der Waals surface area contributed by atoms with Crippen LogP contribution in [0, 0.1) is 6.92 Å². The van der Waals surface area contributed by atoms with Crippen molar-refractivity contribution in [1.82, 2.24) is 0 Å². The van der Waals surface area contributed by atoms with Gasteiger partial charge in [0.25, 0.3) is 0 Å². The van der Waals surface area contributed by atoms with E-state index in [0.29, 0.717) is 5.56 Å². The molecule has 1 rings (SSSR count). The largest absolute Gasteiger partial charge is 0.233 e. The highest BCUT2D eigenvalue weighted by Gasteiger charge is 2.23. The highest BCUT2D eigenvalue weighted by molar-refractivity contribution is 8.24. The molecule has 0 radical (unpaired) electrons. The van der Waals surface area contributed by atoms with Gasteiger partial charge < -0.3 is 0 Å². The van der Waals surface area contributed by atoms with Crippen LogP contribution in [-0.2, 0) is 6.42 Å². The Bertz CT molecular complexity index is 451. The van der Waals surface area contributed by atoms with Crippen LogP contribution in [0.25, 0.3) is 6.08 Å². The number of benzene rings is 1. The first kappa shape index (κ1) is 18.5. The van der Waals surface area contributed by atoms with E-state index in [1.165, 1.54) is 6.08 Å². The highest BCUT2D eigenvalue weighted by atomic mass is 32.3. The molecule has 0 saturated heterocycles. The first-order chi connectivity index (χ1) is 8.75. The molecule has 0 N–H and O–H groups in total. The average Bonchev–Trinajstić information content (AvgIpc) is 2.33. The Balaban J connectivity index is 0.00000154. The molecule has 0 aliphatic carbocycles. The summed E-state index contributed by atoms with van der Waals surface area (Å²) in [5.74, 6) is 0. The molecule has 0 fully saturated rings. The van der Waals surface area contributed by atoms with Crippen LogP contribution in [-0.4, -0.2) is 0 Å². The lowest BCUT2D eigenvalue weighted by atomic mass is 10.0. The summed E-state index contributed by atoms with van der Waals surface area (Å²) < 4.78 is 37.8. The van der Waals surface area contributed by atoms with E-state index in [9.17, 15) is 11.7 Å². The molecule has 0 bridgehead atoms. The summed E-state index contributed by atoms with van der Waals surface area (Å²) in [5.41, 5.74) is 2.71. The zero-order chi connectivity index (χ0) is 15.2. The minimum atomic E-state index is -5.10. The monoisotopic (exact) mass is 310 g/mol. The topological polar surface area (TPSA) is 0 Å². The van der Waals surface area contributed by atoms with E-state index >= 15 is 0 Å². The molecular weight excluding hydrogens is 288 g/mol. The fraction of sp³-hybridized carbons (Fsp3) is 0.429. The van der Waals surface area contributed by atoms with Gasteiger partial charge in [0.1, 0.15) is 0 Å². The summed E-state index contributed by atoms with van der Waals surface area (Å²) in [6.45, 7) is 9.03. The van der Waals surface area contributed by atoms with Crippen LogP contribution in [0.15, 0.2) is 17.0 Å². The standard InChI is InChI=1S/C12H16F3PS.C2H6/c1-4-10-5-8(2)6-12(16)11(10)7-9(3)17(13,14)15;1-2/h5-7H,4,16H2,1-3H3;1-2H3/b9-7+;. The van der Waals surface area contributed by atoms with Crippen LogP contribution < -0.4 is 5.30 Å². The fourth-order valence-corrected chi connectivity index (χ4v) is 2.42. The van der Waals surface area contributed by atoms with Gasteiger partial charge in [-0.15, -0.1) is 20.9 Å². The van der Waals surface area contributed by atoms with Crippen molar-refractivity contribution in [3.8, 4) is 0 Å². The SMILES string of the molecule is CC.CCc1cc(C)cc(P)c1/C=C(\C)S(F)(F)F. The molecule has 0 heterocycles.